The number of carbonyl (C=O) groups is 1. The number of piperazine rings is 1. The molecule has 4 nitrogen and oxygen atoms in total. The lowest BCUT2D eigenvalue weighted by Crippen LogP contribution is -2.47. The molecule has 0 unspecified atom stereocenters. The molecule has 0 radical (unpaired) electrons. The van der Waals surface area contributed by atoms with Gasteiger partial charge in [0.2, 0.25) is 5.91 Å². The SMILES string of the molecule is CC(C)CCNC(=O)CCN1CCN(c2ccc(F)cc2)CC1. The van der Waals surface area contributed by atoms with Gasteiger partial charge in [-0.25, -0.2) is 4.39 Å². The van der Waals surface area contributed by atoms with Gasteiger partial charge in [0.05, 0.1) is 0 Å². The van der Waals surface area contributed by atoms with E-state index in [-0.39, 0.29) is 11.7 Å². The molecule has 0 aromatic heterocycles. The standard InChI is InChI=1S/C18H28FN3O/c1-15(2)7-9-20-18(23)8-10-21-11-13-22(14-12-21)17-5-3-16(19)4-6-17/h3-6,15H,7-14H2,1-2H3,(H,20,23). The van der Waals surface area contributed by atoms with Crippen molar-refractivity contribution >= 4 is 11.6 Å². The molecule has 1 fully saturated rings. The average Bonchev–Trinajstić information content (AvgIpc) is 2.54. The molecule has 1 heterocycles. The van der Waals surface area contributed by atoms with Crippen LogP contribution >= 0.6 is 0 Å². The molecule has 1 aliphatic rings. The fraction of sp³-hybridized carbons (Fsp3) is 0.611. The van der Waals surface area contributed by atoms with Gasteiger partial charge in [0.25, 0.3) is 0 Å². The van der Waals surface area contributed by atoms with Gasteiger partial charge in [-0.05, 0) is 36.6 Å². The van der Waals surface area contributed by atoms with Crippen LogP contribution in [-0.2, 0) is 4.79 Å². The number of anilines is 1. The maximum atomic E-state index is 13.0. The van der Waals surface area contributed by atoms with Gasteiger partial charge in [-0.3, -0.25) is 9.69 Å². The van der Waals surface area contributed by atoms with E-state index >= 15 is 0 Å². The Morgan fingerprint density at radius 2 is 1.83 bits per heavy atom. The van der Waals surface area contributed by atoms with Crippen molar-refractivity contribution in [1.29, 1.82) is 0 Å². The molecular formula is C18H28FN3O. The fourth-order valence-corrected chi connectivity index (χ4v) is 2.73. The Bertz CT molecular complexity index is 482. The van der Waals surface area contributed by atoms with Crippen LogP contribution in [0.5, 0.6) is 0 Å². The lowest BCUT2D eigenvalue weighted by atomic mass is 10.1. The zero-order chi connectivity index (χ0) is 16.7. The van der Waals surface area contributed by atoms with Crippen LogP contribution in [0.1, 0.15) is 26.7 Å². The van der Waals surface area contributed by atoms with Gasteiger partial charge in [0.1, 0.15) is 5.82 Å². The van der Waals surface area contributed by atoms with E-state index in [1.54, 1.807) is 0 Å². The minimum Gasteiger partial charge on any atom is -0.369 e. The van der Waals surface area contributed by atoms with Crippen molar-refractivity contribution in [2.75, 3.05) is 44.2 Å². The topological polar surface area (TPSA) is 35.6 Å². The molecule has 0 atom stereocenters. The minimum atomic E-state index is -0.198. The molecule has 1 saturated heterocycles. The molecule has 1 N–H and O–H groups in total. The smallest absolute Gasteiger partial charge is 0.221 e. The molecule has 128 valence electrons. The molecule has 0 spiro atoms. The lowest BCUT2D eigenvalue weighted by Gasteiger charge is -2.36. The molecule has 0 aliphatic carbocycles. The second-order valence-corrected chi connectivity index (χ2v) is 6.59. The van der Waals surface area contributed by atoms with E-state index in [1.165, 1.54) is 12.1 Å². The number of hydrogen-bond donors (Lipinski definition) is 1. The number of carbonyl (C=O) groups excluding carboxylic acids is 1. The average molecular weight is 321 g/mol. The summed E-state index contributed by atoms with van der Waals surface area (Å²) in [5.74, 6) is 0.567. The summed E-state index contributed by atoms with van der Waals surface area (Å²) >= 11 is 0. The van der Waals surface area contributed by atoms with Crippen molar-refractivity contribution in [1.82, 2.24) is 10.2 Å². The van der Waals surface area contributed by atoms with Crippen molar-refractivity contribution in [3.63, 3.8) is 0 Å². The maximum absolute atomic E-state index is 13.0. The van der Waals surface area contributed by atoms with E-state index in [1.807, 2.05) is 12.1 Å². The Morgan fingerprint density at radius 3 is 2.43 bits per heavy atom. The lowest BCUT2D eigenvalue weighted by molar-refractivity contribution is -0.121. The molecule has 1 aromatic rings. The minimum absolute atomic E-state index is 0.145. The van der Waals surface area contributed by atoms with Crippen molar-refractivity contribution in [3.8, 4) is 0 Å². The molecule has 0 saturated carbocycles. The summed E-state index contributed by atoms with van der Waals surface area (Å²) in [7, 11) is 0. The monoisotopic (exact) mass is 321 g/mol. The molecule has 0 bridgehead atoms. The van der Waals surface area contributed by atoms with Gasteiger partial charge in [-0.2, -0.15) is 0 Å². The Labute approximate surface area is 138 Å². The van der Waals surface area contributed by atoms with Gasteiger partial charge in [0, 0.05) is 51.4 Å². The van der Waals surface area contributed by atoms with Gasteiger partial charge in [-0.15, -0.1) is 0 Å². The van der Waals surface area contributed by atoms with E-state index < -0.39 is 0 Å². The third kappa shape index (κ3) is 6.18. The normalized spacial score (nSPS) is 15.9. The van der Waals surface area contributed by atoms with E-state index in [2.05, 4.69) is 29.0 Å². The zero-order valence-corrected chi connectivity index (χ0v) is 14.2. The molecule has 1 amide bonds. The highest BCUT2D eigenvalue weighted by atomic mass is 19.1. The van der Waals surface area contributed by atoms with Crippen LogP contribution in [0, 0.1) is 11.7 Å². The Kier molecular flexibility index (Phi) is 6.84. The second kappa shape index (κ2) is 8.87. The summed E-state index contributed by atoms with van der Waals surface area (Å²) in [6, 6.07) is 6.66. The van der Waals surface area contributed by atoms with Crippen LogP contribution in [0.4, 0.5) is 10.1 Å². The maximum Gasteiger partial charge on any atom is 0.221 e. The highest BCUT2D eigenvalue weighted by molar-refractivity contribution is 5.76. The predicted molar refractivity (Wildman–Crippen MR) is 92.1 cm³/mol. The van der Waals surface area contributed by atoms with Crippen LogP contribution in [0.25, 0.3) is 0 Å². The van der Waals surface area contributed by atoms with E-state index in [0.717, 1.165) is 51.4 Å². The Hall–Kier alpha value is -1.62. The third-order valence-corrected chi connectivity index (χ3v) is 4.26. The van der Waals surface area contributed by atoms with Crippen LogP contribution in [-0.4, -0.2) is 50.1 Å². The summed E-state index contributed by atoms with van der Waals surface area (Å²) in [5, 5.41) is 2.98. The number of nitrogens with zero attached hydrogens (tertiary/aromatic N) is 2. The fourth-order valence-electron chi connectivity index (χ4n) is 2.73. The van der Waals surface area contributed by atoms with Gasteiger partial charge >= 0.3 is 0 Å². The first-order chi connectivity index (χ1) is 11.0. The summed E-state index contributed by atoms with van der Waals surface area (Å²) in [5.41, 5.74) is 1.07. The van der Waals surface area contributed by atoms with Crippen molar-refractivity contribution in [3.05, 3.63) is 30.1 Å². The van der Waals surface area contributed by atoms with Crippen LogP contribution < -0.4 is 10.2 Å². The van der Waals surface area contributed by atoms with Crippen molar-refractivity contribution in [2.24, 2.45) is 5.92 Å². The number of rotatable bonds is 7. The summed E-state index contributed by atoms with van der Waals surface area (Å²) in [6.45, 7) is 9.62. The summed E-state index contributed by atoms with van der Waals surface area (Å²) < 4.78 is 13.0. The number of benzene rings is 1. The molecule has 1 aliphatic heterocycles. The quantitative estimate of drug-likeness (QED) is 0.838. The highest BCUT2D eigenvalue weighted by Gasteiger charge is 2.17. The van der Waals surface area contributed by atoms with Crippen LogP contribution in [0.3, 0.4) is 0 Å². The van der Waals surface area contributed by atoms with E-state index in [0.29, 0.717) is 12.3 Å². The van der Waals surface area contributed by atoms with Crippen molar-refractivity contribution in [2.45, 2.75) is 26.7 Å². The van der Waals surface area contributed by atoms with Gasteiger partial charge in [-0.1, -0.05) is 13.8 Å². The second-order valence-electron chi connectivity index (χ2n) is 6.59. The predicted octanol–water partition coefficient (Wildman–Crippen LogP) is 2.50. The van der Waals surface area contributed by atoms with Crippen LogP contribution in [0.15, 0.2) is 24.3 Å². The Morgan fingerprint density at radius 1 is 1.17 bits per heavy atom. The summed E-state index contributed by atoms with van der Waals surface area (Å²) in [4.78, 5) is 16.4. The molecular weight excluding hydrogens is 293 g/mol. The zero-order valence-electron chi connectivity index (χ0n) is 14.2. The number of hydrogen-bond acceptors (Lipinski definition) is 3. The van der Waals surface area contributed by atoms with E-state index in [4.69, 9.17) is 0 Å². The third-order valence-electron chi connectivity index (χ3n) is 4.26. The van der Waals surface area contributed by atoms with Gasteiger partial charge < -0.3 is 10.2 Å². The first-order valence-corrected chi connectivity index (χ1v) is 8.54. The molecule has 5 heteroatoms. The first kappa shape index (κ1) is 17.7. The molecule has 2 rings (SSSR count). The number of halogens is 1. The highest BCUT2D eigenvalue weighted by Crippen LogP contribution is 2.16. The Balaban J connectivity index is 1.64. The first-order valence-electron chi connectivity index (χ1n) is 8.54. The summed E-state index contributed by atoms with van der Waals surface area (Å²) in [6.07, 6.45) is 1.59. The molecule has 23 heavy (non-hydrogen) atoms. The number of nitrogens with one attached hydrogen (secondary N) is 1. The molecule has 1 aromatic carbocycles. The van der Waals surface area contributed by atoms with Gasteiger partial charge in [0.15, 0.2) is 0 Å². The van der Waals surface area contributed by atoms with Crippen molar-refractivity contribution < 1.29 is 9.18 Å². The largest absolute Gasteiger partial charge is 0.369 e. The number of amides is 1. The van der Waals surface area contributed by atoms with Crippen LogP contribution in [0.2, 0.25) is 0 Å². The van der Waals surface area contributed by atoms with E-state index in [9.17, 15) is 9.18 Å².